The van der Waals surface area contributed by atoms with Crippen molar-refractivity contribution in [3.8, 4) is 34.1 Å². The Balaban J connectivity index is 1.59. The number of hydrogen-bond acceptors (Lipinski definition) is 10. The number of rotatable bonds is 6. The summed E-state index contributed by atoms with van der Waals surface area (Å²) >= 11 is 6.25. The second kappa shape index (κ2) is 8.56. The minimum atomic E-state index is -3.76. The van der Waals surface area contributed by atoms with Crippen LogP contribution in [0.1, 0.15) is 5.76 Å². The molecule has 3 aromatic heterocycles. The molecule has 13 heteroatoms. The predicted octanol–water partition coefficient (Wildman–Crippen LogP) is 3.19. The summed E-state index contributed by atoms with van der Waals surface area (Å²) in [7, 11) is -3.76. The molecule has 0 amide bonds. The molecule has 5 rings (SSSR count). The molecule has 11 nitrogen and oxygen atoms in total. The Kier molecular flexibility index (Phi) is 5.53. The highest BCUT2D eigenvalue weighted by atomic mass is 35.5. The highest BCUT2D eigenvalue weighted by molar-refractivity contribution is 7.89. The van der Waals surface area contributed by atoms with E-state index in [2.05, 4.69) is 15.2 Å². The molecular weight excluding hydrogens is 500 g/mol. The van der Waals surface area contributed by atoms with Gasteiger partial charge in [-0.2, -0.15) is 0 Å². The lowest BCUT2D eigenvalue weighted by molar-refractivity contribution is 0.388. The first-order valence-electron chi connectivity index (χ1n) is 10.1. The van der Waals surface area contributed by atoms with Crippen molar-refractivity contribution >= 4 is 32.6 Å². The average molecular weight is 515 g/mol. The molecule has 0 spiro atoms. The molecule has 5 aromatic rings. The molecule has 0 saturated carbocycles. The van der Waals surface area contributed by atoms with Gasteiger partial charge in [-0.05, 0) is 12.1 Å². The summed E-state index contributed by atoms with van der Waals surface area (Å²) in [5.41, 5.74) is -0.221. The molecule has 0 fully saturated rings. The Morgan fingerprint density at radius 3 is 2.63 bits per heavy atom. The molecule has 0 bridgehead atoms. The molecule has 3 heterocycles. The molecule has 178 valence electrons. The third kappa shape index (κ3) is 4.13. The maximum Gasteiger partial charge on any atom is 0.255 e. The molecule has 2 N–H and O–H groups in total. The van der Waals surface area contributed by atoms with Gasteiger partial charge >= 0.3 is 0 Å². The molecule has 0 radical (unpaired) electrons. The third-order valence-corrected chi connectivity index (χ3v) is 7.01. The Morgan fingerprint density at radius 1 is 1.09 bits per heavy atom. The number of hydrogen-bond donors (Lipinski definition) is 2. The van der Waals surface area contributed by atoms with Crippen molar-refractivity contribution in [3.63, 3.8) is 0 Å². The van der Waals surface area contributed by atoms with E-state index in [4.69, 9.17) is 20.5 Å². The van der Waals surface area contributed by atoms with E-state index in [0.29, 0.717) is 10.6 Å². The summed E-state index contributed by atoms with van der Waals surface area (Å²) in [6.07, 6.45) is 2.12. The van der Waals surface area contributed by atoms with E-state index in [9.17, 15) is 23.4 Å². The van der Waals surface area contributed by atoms with Crippen LogP contribution in [0, 0.1) is 0 Å². The van der Waals surface area contributed by atoms with Gasteiger partial charge in [-0.15, -0.1) is 9.19 Å². The van der Waals surface area contributed by atoms with Gasteiger partial charge in [0.05, 0.1) is 16.3 Å². The largest absolute Gasteiger partial charge is 0.507 e. The monoisotopic (exact) mass is 514 g/mol. The normalized spacial score (nSPS) is 11.8. The number of benzene rings is 2. The minimum absolute atomic E-state index is 0.0158. The van der Waals surface area contributed by atoms with Gasteiger partial charge in [0.25, 0.3) is 10.0 Å². The topological polar surface area (TPSA) is 162 Å². The van der Waals surface area contributed by atoms with E-state index in [-0.39, 0.29) is 45.9 Å². The van der Waals surface area contributed by atoms with Gasteiger partial charge < -0.3 is 19.2 Å². The summed E-state index contributed by atoms with van der Waals surface area (Å²) in [6, 6.07) is 10.3. The van der Waals surface area contributed by atoms with Crippen LogP contribution in [0.2, 0.25) is 5.02 Å². The van der Waals surface area contributed by atoms with Gasteiger partial charge in [0.15, 0.2) is 11.0 Å². The van der Waals surface area contributed by atoms with Crippen LogP contribution in [0.25, 0.3) is 33.6 Å². The molecule has 0 unspecified atom stereocenters. The Labute approximate surface area is 201 Å². The maximum atomic E-state index is 12.9. The third-order valence-electron chi connectivity index (χ3n) is 5.20. The zero-order valence-corrected chi connectivity index (χ0v) is 19.2. The molecule has 0 aliphatic rings. The smallest absolute Gasteiger partial charge is 0.255 e. The van der Waals surface area contributed by atoms with E-state index in [1.54, 1.807) is 24.3 Å². The summed E-state index contributed by atoms with van der Waals surface area (Å²) in [5.74, 6) is -0.956. The zero-order valence-electron chi connectivity index (χ0n) is 17.6. The van der Waals surface area contributed by atoms with Crippen LogP contribution in [0.3, 0.4) is 0 Å². The van der Waals surface area contributed by atoms with E-state index < -0.39 is 27.0 Å². The van der Waals surface area contributed by atoms with Gasteiger partial charge in [0.1, 0.15) is 46.8 Å². The molecule has 2 aromatic carbocycles. The maximum absolute atomic E-state index is 12.9. The SMILES string of the molecule is O=c1cc(-c2ccccc2Cl)oc2c(-c3cc(CCS(=O)(=O)n4cncn4)on3)c(O)cc(O)c12. The fraction of sp³-hybridized carbons (Fsp3) is 0.0909. The van der Waals surface area contributed by atoms with Crippen LogP contribution in [0.5, 0.6) is 11.5 Å². The van der Waals surface area contributed by atoms with E-state index in [1.165, 1.54) is 12.1 Å². The summed E-state index contributed by atoms with van der Waals surface area (Å²) in [4.78, 5) is 16.5. The van der Waals surface area contributed by atoms with Crippen LogP contribution >= 0.6 is 11.6 Å². The summed E-state index contributed by atoms with van der Waals surface area (Å²) in [5, 5.41) is 28.6. The van der Waals surface area contributed by atoms with Crippen molar-refractivity contribution in [1.82, 2.24) is 19.3 Å². The fourth-order valence-electron chi connectivity index (χ4n) is 3.56. The zero-order chi connectivity index (χ0) is 24.7. The first kappa shape index (κ1) is 22.6. The minimum Gasteiger partial charge on any atom is -0.507 e. The lowest BCUT2D eigenvalue weighted by Crippen LogP contribution is -2.18. The first-order valence-corrected chi connectivity index (χ1v) is 12.0. The lowest BCUT2D eigenvalue weighted by Gasteiger charge is -2.10. The van der Waals surface area contributed by atoms with Crippen molar-refractivity contribution < 1.29 is 27.6 Å². The van der Waals surface area contributed by atoms with Gasteiger partial charge in [-0.3, -0.25) is 4.79 Å². The lowest BCUT2D eigenvalue weighted by atomic mass is 10.0. The van der Waals surface area contributed by atoms with Crippen LogP contribution < -0.4 is 5.43 Å². The molecule has 0 atom stereocenters. The van der Waals surface area contributed by atoms with E-state index >= 15 is 0 Å². The first-order chi connectivity index (χ1) is 16.7. The van der Waals surface area contributed by atoms with Crippen LogP contribution in [0.4, 0.5) is 0 Å². The van der Waals surface area contributed by atoms with Crippen LogP contribution in [0.15, 0.2) is 68.9 Å². The van der Waals surface area contributed by atoms with Gasteiger partial charge in [-0.25, -0.2) is 13.4 Å². The number of nitrogens with zero attached hydrogens (tertiary/aromatic N) is 4. The second-order valence-corrected chi connectivity index (χ2v) is 9.81. The Hall–Kier alpha value is -4.16. The summed E-state index contributed by atoms with van der Waals surface area (Å²) < 4.78 is 36.6. The van der Waals surface area contributed by atoms with Gasteiger partial charge in [-0.1, -0.05) is 28.9 Å². The molecular formula is C22H15ClN4O7S. The van der Waals surface area contributed by atoms with Crippen molar-refractivity contribution in [1.29, 1.82) is 0 Å². The summed E-state index contributed by atoms with van der Waals surface area (Å²) in [6.45, 7) is 0. The van der Waals surface area contributed by atoms with E-state index in [0.717, 1.165) is 22.8 Å². The Morgan fingerprint density at radius 2 is 1.89 bits per heavy atom. The number of aromatic nitrogens is 4. The number of aromatic hydroxyl groups is 2. The molecule has 0 aliphatic carbocycles. The number of fused-ring (bicyclic) bond motifs is 1. The van der Waals surface area contributed by atoms with Gasteiger partial charge in [0, 0.05) is 30.2 Å². The van der Waals surface area contributed by atoms with Gasteiger partial charge in [0.2, 0.25) is 0 Å². The van der Waals surface area contributed by atoms with E-state index in [1.807, 2.05) is 0 Å². The highest BCUT2D eigenvalue weighted by Gasteiger charge is 2.23. The molecule has 0 saturated heterocycles. The Bertz CT molecular complexity index is 1730. The number of aryl methyl sites for hydroxylation is 1. The van der Waals surface area contributed by atoms with Crippen LogP contribution in [-0.2, 0) is 16.4 Å². The van der Waals surface area contributed by atoms with Crippen LogP contribution in [-0.4, -0.2) is 43.7 Å². The average Bonchev–Trinajstić information content (AvgIpc) is 3.51. The molecule has 35 heavy (non-hydrogen) atoms. The predicted molar refractivity (Wildman–Crippen MR) is 125 cm³/mol. The fourth-order valence-corrected chi connectivity index (χ4v) is 4.82. The highest BCUT2D eigenvalue weighted by Crippen LogP contribution is 2.41. The number of phenols is 2. The number of phenolic OH excluding ortho intramolecular Hbond substituents is 2. The number of halogens is 1. The second-order valence-electron chi connectivity index (χ2n) is 7.46. The molecule has 0 aliphatic heterocycles. The van der Waals surface area contributed by atoms with Crippen molar-refractivity contribution in [2.75, 3.05) is 5.75 Å². The van der Waals surface area contributed by atoms with Crippen molar-refractivity contribution in [2.24, 2.45) is 0 Å². The quantitative estimate of drug-likeness (QED) is 0.344. The van der Waals surface area contributed by atoms with Crippen molar-refractivity contribution in [3.05, 3.63) is 76.1 Å². The standard InChI is InChI=1S/C22H15ClN4O7S/c23-14-4-2-1-3-13(14)19-9-18(30)21-17(29)8-16(28)20(22(21)33-19)15-7-12(34-26-15)5-6-35(31,32)27-11-24-10-25-27/h1-4,7-11,28-29H,5-6H2. The van der Waals surface area contributed by atoms with Crippen molar-refractivity contribution in [2.45, 2.75) is 6.42 Å².